The van der Waals surface area contributed by atoms with Gasteiger partial charge in [0.1, 0.15) is 19.0 Å². The standard InChI is InChI=1S/C30H30O3/c1-3-19-14-22(9-10-28(19)31-2)25-15-21-6-4-5-7-24(21)26-16-23(17-27(25)26)20-8-11-29-30(18-20)33-13-12-32-29/h4-11,14,17-18,25-27H,3,12-13,15-16H2,1-2H3. The Labute approximate surface area is 196 Å². The van der Waals surface area contributed by atoms with E-state index in [1.54, 1.807) is 7.11 Å². The van der Waals surface area contributed by atoms with E-state index in [-0.39, 0.29) is 0 Å². The number of methoxy groups -OCH3 is 1. The lowest BCUT2D eigenvalue weighted by Crippen LogP contribution is -2.25. The van der Waals surface area contributed by atoms with Crippen molar-refractivity contribution in [1.82, 2.24) is 0 Å². The molecule has 3 heteroatoms. The van der Waals surface area contributed by atoms with Crippen molar-refractivity contribution >= 4 is 5.57 Å². The number of ether oxygens (including phenoxy) is 3. The number of hydrogen-bond acceptors (Lipinski definition) is 3. The van der Waals surface area contributed by atoms with Gasteiger partial charge in [-0.25, -0.2) is 0 Å². The second kappa shape index (κ2) is 8.30. The van der Waals surface area contributed by atoms with E-state index in [1.165, 1.54) is 33.4 Å². The number of allylic oxidation sites excluding steroid dienone is 2. The van der Waals surface area contributed by atoms with Gasteiger partial charge in [-0.2, -0.15) is 0 Å². The average molecular weight is 439 g/mol. The molecule has 1 aliphatic heterocycles. The summed E-state index contributed by atoms with van der Waals surface area (Å²) >= 11 is 0. The lowest BCUT2D eigenvalue weighted by atomic mass is 9.68. The maximum Gasteiger partial charge on any atom is 0.161 e. The van der Waals surface area contributed by atoms with Crippen LogP contribution >= 0.6 is 0 Å². The van der Waals surface area contributed by atoms with Crippen LogP contribution in [0.1, 0.15) is 53.0 Å². The summed E-state index contributed by atoms with van der Waals surface area (Å²) < 4.78 is 17.2. The van der Waals surface area contributed by atoms with Crippen molar-refractivity contribution in [2.75, 3.05) is 20.3 Å². The highest BCUT2D eigenvalue weighted by Crippen LogP contribution is 2.54. The van der Waals surface area contributed by atoms with Gasteiger partial charge in [0.15, 0.2) is 11.5 Å². The van der Waals surface area contributed by atoms with Gasteiger partial charge in [-0.05, 0) is 88.6 Å². The Morgan fingerprint density at radius 1 is 0.879 bits per heavy atom. The van der Waals surface area contributed by atoms with Crippen molar-refractivity contribution in [3.8, 4) is 17.2 Å². The van der Waals surface area contributed by atoms with Crippen LogP contribution < -0.4 is 14.2 Å². The van der Waals surface area contributed by atoms with Gasteiger partial charge in [0.2, 0.25) is 0 Å². The summed E-state index contributed by atoms with van der Waals surface area (Å²) in [4.78, 5) is 0. The largest absolute Gasteiger partial charge is 0.496 e. The highest BCUT2D eigenvalue weighted by Gasteiger charge is 2.40. The molecule has 168 valence electrons. The minimum Gasteiger partial charge on any atom is -0.496 e. The molecule has 3 aromatic rings. The zero-order valence-electron chi connectivity index (χ0n) is 19.3. The molecule has 3 nitrogen and oxygen atoms in total. The summed E-state index contributed by atoms with van der Waals surface area (Å²) in [5.74, 6) is 4.18. The molecule has 0 N–H and O–H groups in total. The average Bonchev–Trinajstić information content (AvgIpc) is 3.33. The number of aryl methyl sites for hydroxylation is 1. The van der Waals surface area contributed by atoms with Crippen LogP contribution in [0.4, 0.5) is 0 Å². The number of hydrogen-bond donors (Lipinski definition) is 0. The predicted octanol–water partition coefficient (Wildman–Crippen LogP) is 6.56. The lowest BCUT2D eigenvalue weighted by molar-refractivity contribution is 0.171. The lowest BCUT2D eigenvalue weighted by Gasteiger charge is -2.36. The van der Waals surface area contributed by atoms with E-state index in [4.69, 9.17) is 14.2 Å². The summed E-state index contributed by atoms with van der Waals surface area (Å²) in [5, 5.41) is 0. The van der Waals surface area contributed by atoms with Crippen molar-refractivity contribution in [2.24, 2.45) is 5.92 Å². The van der Waals surface area contributed by atoms with Gasteiger partial charge >= 0.3 is 0 Å². The maximum absolute atomic E-state index is 5.87. The first-order valence-corrected chi connectivity index (χ1v) is 12.1. The Morgan fingerprint density at radius 2 is 1.73 bits per heavy atom. The quantitative estimate of drug-likeness (QED) is 0.462. The minimum absolute atomic E-state index is 0.468. The fraction of sp³-hybridized carbons (Fsp3) is 0.333. The van der Waals surface area contributed by atoms with Gasteiger partial charge in [0.25, 0.3) is 0 Å². The van der Waals surface area contributed by atoms with E-state index < -0.39 is 0 Å². The molecule has 2 aliphatic carbocycles. The van der Waals surface area contributed by atoms with Gasteiger partial charge in [0, 0.05) is 0 Å². The maximum atomic E-state index is 5.87. The van der Waals surface area contributed by atoms with Crippen molar-refractivity contribution in [3.05, 3.63) is 94.6 Å². The summed E-state index contributed by atoms with van der Waals surface area (Å²) in [5.41, 5.74) is 8.42. The molecule has 3 aromatic carbocycles. The fourth-order valence-electron chi connectivity index (χ4n) is 6.06. The van der Waals surface area contributed by atoms with Crippen LogP contribution in [0.2, 0.25) is 0 Å². The van der Waals surface area contributed by atoms with Crippen molar-refractivity contribution < 1.29 is 14.2 Å². The smallest absolute Gasteiger partial charge is 0.161 e. The van der Waals surface area contributed by atoms with Crippen LogP contribution in [0.5, 0.6) is 17.2 Å². The first-order chi connectivity index (χ1) is 16.2. The molecule has 0 aromatic heterocycles. The molecule has 3 unspecified atom stereocenters. The van der Waals surface area contributed by atoms with Gasteiger partial charge in [0.05, 0.1) is 7.11 Å². The molecule has 0 fully saturated rings. The zero-order valence-corrected chi connectivity index (χ0v) is 19.3. The number of fused-ring (bicyclic) bond motifs is 4. The second-order valence-corrected chi connectivity index (χ2v) is 9.37. The predicted molar refractivity (Wildman–Crippen MR) is 132 cm³/mol. The first kappa shape index (κ1) is 20.4. The number of rotatable bonds is 4. The highest BCUT2D eigenvalue weighted by atomic mass is 16.6. The van der Waals surface area contributed by atoms with E-state index in [1.807, 2.05) is 0 Å². The van der Waals surface area contributed by atoms with Crippen LogP contribution in [-0.2, 0) is 12.8 Å². The minimum atomic E-state index is 0.468. The third kappa shape index (κ3) is 3.51. The Balaban J connectivity index is 1.41. The highest BCUT2D eigenvalue weighted by molar-refractivity contribution is 5.72. The van der Waals surface area contributed by atoms with Crippen molar-refractivity contribution in [3.63, 3.8) is 0 Å². The Kier molecular flexibility index (Phi) is 5.13. The number of benzene rings is 3. The molecule has 0 bridgehead atoms. The van der Waals surface area contributed by atoms with Crippen molar-refractivity contribution in [2.45, 2.75) is 38.0 Å². The van der Waals surface area contributed by atoms with Crippen LogP contribution in [0, 0.1) is 5.92 Å². The molecular formula is C30H30O3. The molecule has 3 atom stereocenters. The van der Waals surface area contributed by atoms with Crippen molar-refractivity contribution in [1.29, 1.82) is 0 Å². The third-order valence-corrected chi connectivity index (χ3v) is 7.68. The molecule has 3 aliphatic rings. The summed E-state index contributed by atoms with van der Waals surface area (Å²) in [6, 6.07) is 22.3. The SMILES string of the molecule is CCc1cc(C2Cc3ccccc3C3CC(c4ccc5c(c4)OCCO5)=CC23)ccc1OC. The normalized spacial score (nSPS) is 22.8. The van der Waals surface area contributed by atoms with E-state index >= 15 is 0 Å². The van der Waals surface area contributed by atoms with E-state index in [0.29, 0.717) is 31.0 Å². The molecular weight excluding hydrogens is 408 g/mol. The Morgan fingerprint density at radius 3 is 2.58 bits per heavy atom. The monoisotopic (exact) mass is 438 g/mol. The topological polar surface area (TPSA) is 27.7 Å². The van der Waals surface area contributed by atoms with Crippen LogP contribution in [0.3, 0.4) is 0 Å². The summed E-state index contributed by atoms with van der Waals surface area (Å²) in [6.45, 7) is 3.45. The van der Waals surface area contributed by atoms with Gasteiger partial charge in [-0.3, -0.25) is 0 Å². The molecule has 33 heavy (non-hydrogen) atoms. The molecule has 0 amide bonds. The van der Waals surface area contributed by atoms with Crippen LogP contribution in [-0.4, -0.2) is 20.3 Å². The first-order valence-electron chi connectivity index (χ1n) is 12.1. The van der Waals surface area contributed by atoms with E-state index in [2.05, 4.69) is 73.7 Å². The van der Waals surface area contributed by atoms with Gasteiger partial charge < -0.3 is 14.2 Å². The van der Waals surface area contributed by atoms with Gasteiger partial charge in [-0.15, -0.1) is 0 Å². The van der Waals surface area contributed by atoms with Crippen LogP contribution in [0.25, 0.3) is 5.57 Å². The Bertz CT molecular complexity index is 1220. The molecule has 0 radical (unpaired) electrons. The third-order valence-electron chi connectivity index (χ3n) is 7.68. The molecule has 1 heterocycles. The molecule has 0 spiro atoms. The summed E-state index contributed by atoms with van der Waals surface area (Å²) in [6.07, 6.45) is 5.67. The molecule has 0 saturated carbocycles. The second-order valence-electron chi connectivity index (χ2n) is 9.37. The summed E-state index contributed by atoms with van der Waals surface area (Å²) in [7, 11) is 1.76. The van der Waals surface area contributed by atoms with Crippen LogP contribution in [0.15, 0.2) is 66.7 Å². The zero-order chi connectivity index (χ0) is 22.4. The van der Waals surface area contributed by atoms with Gasteiger partial charge in [-0.1, -0.05) is 55.5 Å². The van der Waals surface area contributed by atoms with E-state index in [9.17, 15) is 0 Å². The molecule has 6 rings (SSSR count). The Hall–Kier alpha value is -3.20. The fourth-order valence-corrected chi connectivity index (χ4v) is 6.06. The molecule has 0 saturated heterocycles. The van der Waals surface area contributed by atoms with E-state index in [0.717, 1.165) is 36.5 Å².